The SMILES string of the molecule is COc1ccc(OCc2nnc(SC[C@H]3CCOCO3)n2-c2ccccc2)cc1. The lowest BCUT2D eigenvalue weighted by molar-refractivity contribution is -0.130. The lowest BCUT2D eigenvalue weighted by Gasteiger charge is -2.22. The molecule has 1 aromatic heterocycles. The fourth-order valence-corrected chi connectivity index (χ4v) is 3.98. The normalized spacial score (nSPS) is 16.5. The molecule has 152 valence electrons. The number of nitrogens with zero attached hydrogens (tertiary/aromatic N) is 3. The lowest BCUT2D eigenvalue weighted by atomic mass is 10.3. The Bertz CT molecular complexity index is 896. The van der Waals surface area contributed by atoms with Crippen molar-refractivity contribution in [2.75, 3.05) is 26.3 Å². The van der Waals surface area contributed by atoms with E-state index in [1.807, 2.05) is 59.2 Å². The molecule has 8 heteroatoms. The van der Waals surface area contributed by atoms with Crippen LogP contribution in [-0.2, 0) is 16.1 Å². The Hall–Kier alpha value is -2.55. The van der Waals surface area contributed by atoms with Gasteiger partial charge in [-0.15, -0.1) is 10.2 Å². The molecule has 0 unspecified atom stereocenters. The van der Waals surface area contributed by atoms with E-state index in [2.05, 4.69) is 10.2 Å². The standard InChI is InChI=1S/C21H23N3O4S/c1-25-17-7-9-18(10-8-17)27-13-20-22-23-21(24(20)16-5-3-2-4-6-16)29-14-19-11-12-26-15-28-19/h2-10,19H,11-15H2,1H3/t19-/m1/s1. The predicted octanol–water partition coefficient (Wildman–Crippen LogP) is 3.71. The third kappa shape index (κ3) is 5.09. The van der Waals surface area contributed by atoms with Gasteiger partial charge in [0.1, 0.15) is 24.9 Å². The van der Waals surface area contributed by atoms with E-state index in [-0.39, 0.29) is 6.10 Å². The number of ether oxygens (including phenoxy) is 4. The first-order valence-corrected chi connectivity index (χ1v) is 10.4. The van der Waals surface area contributed by atoms with E-state index < -0.39 is 0 Å². The van der Waals surface area contributed by atoms with Crippen molar-refractivity contribution < 1.29 is 18.9 Å². The van der Waals surface area contributed by atoms with E-state index >= 15 is 0 Å². The van der Waals surface area contributed by atoms with Crippen molar-refractivity contribution in [3.05, 3.63) is 60.4 Å². The molecule has 4 rings (SSSR count). The van der Waals surface area contributed by atoms with Crippen molar-refractivity contribution in [3.8, 4) is 17.2 Å². The van der Waals surface area contributed by atoms with Crippen LogP contribution in [0.25, 0.3) is 5.69 Å². The van der Waals surface area contributed by atoms with Gasteiger partial charge in [0.05, 0.1) is 19.8 Å². The molecule has 2 aromatic carbocycles. The first-order valence-electron chi connectivity index (χ1n) is 9.42. The highest BCUT2D eigenvalue weighted by molar-refractivity contribution is 7.99. The van der Waals surface area contributed by atoms with Crippen LogP contribution in [0.15, 0.2) is 59.8 Å². The molecule has 0 aliphatic carbocycles. The Morgan fingerprint density at radius 2 is 1.86 bits per heavy atom. The van der Waals surface area contributed by atoms with Crippen molar-refractivity contribution in [2.24, 2.45) is 0 Å². The Labute approximate surface area is 173 Å². The summed E-state index contributed by atoms with van der Waals surface area (Å²) in [5.74, 6) is 3.08. The molecule has 0 N–H and O–H groups in total. The van der Waals surface area contributed by atoms with Gasteiger partial charge in [0.15, 0.2) is 11.0 Å². The number of aromatic nitrogens is 3. The molecule has 0 saturated carbocycles. The first kappa shape index (κ1) is 19.8. The minimum atomic E-state index is 0.161. The van der Waals surface area contributed by atoms with Gasteiger partial charge in [-0.2, -0.15) is 0 Å². The second-order valence-electron chi connectivity index (χ2n) is 6.45. The van der Waals surface area contributed by atoms with Gasteiger partial charge in [0.25, 0.3) is 0 Å². The fourth-order valence-electron chi connectivity index (χ4n) is 2.94. The summed E-state index contributed by atoms with van der Waals surface area (Å²) < 4.78 is 24.0. The molecule has 3 aromatic rings. The zero-order valence-corrected chi connectivity index (χ0v) is 17.0. The molecule has 1 fully saturated rings. The highest BCUT2D eigenvalue weighted by Gasteiger charge is 2.19. The van der Waals surface area contributed by atoms with E-state index in [0.29, 0.717) is 13.4 Å². The van der Waals surface area contributed by atoms with Crippen LogP contribution in [0.4, 0.5) is 0 Å². The topological polar surface area (TPSA) is 67.6 Å². The molecule has 29 heavy (non-hydrogen) atoms. The number of benzene rings is 2. The van der Waals surface area contributed by atoms with E-state index in [4.69, 9.17) is 18.9 Å². The van der Waals surface area contributed by atoms with Gasteiger partial charge < -0.3 is 18.9 Å². The van der Waals surface area contributed by atoms with Crippen molar-refractivity contribution >= 4 is 11.8 Å². The smallest absolute Gasteiger partial charge is 0.196 e. The number of rotatable bonds is 8. The van der Waals surface area contributed by atoms with Crippen LogP contribution in [0, 0.1) is 0 Å². The van der Waals surface area contributed by atoms with Gasteiger partial charge in [0, 0.05) is 11.4 Å². The van der Waals surface area contributed by atoms with Gasteiger partial charge in [-0.05, 0) is 42.8 Å². The summed E-state index contributed by atoms with van der Waals surface area (Å²) in [5.41, 5.74) is 1.00. The number of methoxy groups -OCH3 is 1. The van der Waals surface area contributed by atoms with E-state index in [0.717, 1.165) is 46.9 Å². The van der Waals surface area contributed by atoms with Crippen molar-refractivity contribution in [1.82, 2.24) is 14.8 Å². The average molecular weight is 413 g/mol. The highest BCUT2D eigenvalue weighted by Crippen LogP contribution is 2.25. The minimum absolute atomic E-state index is 0.161. The monoisotopic (exact) mass is 413 g/mol. The van der Waals surface area contributed by atoms with Crippen molar-refractivity contribution in [1.29, 1.82) is 0 Å². The van der Waals surface area contributed by atoms with Gasteiger partial charge >= 0.3 is 0 Å². The molecule has 0 radical (unpaired) electrons. The maximum absolute atomic E-state index is 5.93. The summed E-state index contributed by atoms with van der Waals surface area (Å²) in [6.07, 6.45) is 1.05. The Balaban J connectivity index is 1.50. The van der Waals surface area contributed by atoms with Crippen LogP contribution in [0.1, 0.15) is 12.2 Å². The largest absolute Gasteiger partial charge is 0.497 e. The molecule has 1 aliphatic heterocycles. The summed E-state index contributed by atoms with van der Waals surface area (Å²) in [6.45, 7) is 1.40. The molecule has 1 aliphatic rings. The highest BCUT2D eigenvalue weighted by atomic mass is 32.2. The lowest BCUT2D eigenvalue weighted by Crippen LogP contribution is -2.25. The average Bonchev–Trinajstić information content (AvgIpc) is 3.20. The van der Waals surface area contributed by atoms with E-state index in [1.165, 1.54) is 0 Å². The molecule has 0 amide bonds. The van der Waals surface area contributed by atoms with Gasteiger partial charge in [-0.3, -0.25) is 4.57 Å². The minimum Gasteiger partial charge on any atom is -0.497 e. The fraction of sp³-hybridized carbons (Fsp3) is 0.333. The third-order valence-corrected chi connectivity index (χ3v) is 5.57. The zero-order valence-electron chi connectivity index (χ0n) is 16.2. The predicted molar refractivity (Wildman–Crippen MR) is 110 cm³/mol. The van der Waals surface area contributed by atoms with Crippen LogP contribution in [-0.4, -0.2) is 47.1 Å². The molecule has 1 atom stereocenters. The van der Waals surface area contributed by atoms with Crippen LogP contribution in [0.5, 0.6) is 11.5 Å². The number of hydrogen-bond acceptors (Lipinski definition) is 7. The summed E-state index contributed by atoms with van der Waals surface area (Å²) in [5, 5.41) is 9.61. The van der Waals surface area contributed by atoms with E-state index in [9.17, 15) is 0 Å². The maximum atomic E-state index is 5.93. The summed E-state index contributed by atoms with van der Waals surface area (Å²) in [6, 6.07) is 17.5. The molecule has 1 saturated heterocycles. The molecular weight excluding hydrogens is 390 g/mol. The van der Waals surface area contributed by atoms with Gasteiger partial charge in [-0.25, -0.2) is 0 Å². The van der Waals surface area contributed by atoms with Crippen molar-refractivity contribution in [2.45, 2.75) is 24.3 Å². The second-order valence-corrected chi connectivity index (χ2v) is 7.44. The van der Waals surface area contributed by atoms with Gasteiger partial charge in [0.2, 0.25) is 0 Å². The number of hydrogen-bond donors (Lipinski definition) is 0. The third-order valence-electron chi connectivity index (χ3n) is 4.51. The molecule has 2 heterocycles. The number of para-hydroxylation sites is 1. The molecule has 7 nitrogen and oxygen atoms in total. The Morgan fingerprint density at radius 3 is 2.59 bits per heavy atom. The van der Waals surface area contributed by atoms with Crippen LogP contribution >= 0.6 is 11.8 Å². The Morgan fingerprint density at radius 1 is 1.07 bits per heavy atom. The summed E-state index contributed by atoms with van der Waals surface area (Å²) in [7, 11) is 1.64. The molecule has 0 spiro atoms. The second kappa shape index (κ2) is 9.78. The van der Waals surface area contributed by atoms with E-state index in [1.54, 1.807) is 18.9 Å². The van der Waals surface area contributed by atoms with Crippen LogP contribution in [0.3, 0.4) is 0 Å². The first-order chi connectivity index (χ1) is 14.3. The molecule has 0 bridgehead atoms. The Kier molecular flexibility index (Phi) is 6.66. The zero-order chi connectivity index (χ0) is 19.9. The summed E-state index contributed by atoms with van der Waals surface area (Å²) >= 11 is 1.63. The van der Waals surface area contributed by atoms with Crippen molar-refractivity contribution in [3.63, 3.8) is 0 Å². The molecular formula is C21H23N3O4S. The quantitative estimate of drug-likeness (QED) is 0.522. The summed E-state index contributed by atoms with van der Waals surface area (Å²) in [4.78, 5) is 0. The number of thioether (sulfide) groups is 1. The van der Waals surface area contributed by atoms with Crippen LogP contribution in [0.2, 0.25) is 0 Å². The van der Waals surface area contributed by atoms with Gasteiger partial charge in [-0.1, -0.05) is 30.0 Å². The maximum Gasteiger partial charge on any atom is 0.196 e. The van der Waals surface area contributed by atoms with Crippen LogP contribution < -0.4 is 9.47 Å².